The first-order valence-electron chi connectivity index (χ1n) is 4.35. The highest BCUT2D eigenvalue weighted by Gasteiger charge is 2.45. The fourth-order valence-corrected chi connectivity index (χ4v) is 4.94. The lowest BCUT2D eigenvalue weighted by Gasteiger charge is -2.18. The minimum atomic E-state index is -0.120. The van der Waals surface area contributed by atoms with Crippen LogP contribution in [0.15, 0.2) is 0 Å². The Morgan fingerprint density at radius 3 is 2.85 bits per heavy atom. The monoisotopic (exact) mass is 219 g/mol. The van der Waals surface area contributed by atoms with E-state index in [1.54, 1.807) is 0 Å². The summed E-state index contributed by atoms with van der Waals surface area (Å²) in [6.07, 6.45) is 0.912. The predicted octanol–water partition coefficient (Wildman–Crippen LogP) is 0.698. The van der Waals surface area contributed by atoms with E-state index in [9.17, 15) is 4.79 Å². The van der Waals surface area contributed by atoms with Crippen molar-refractivity contribution in [2.24, 2.45) is 0 Å². The lowest BCUT2D eigenvalue weighted by Crippen LogP contribution is -2.31. The Bertz CT molecular complexity index is 216. The molecular formula is C8H13NO2S2. The van der Waals surface area contributed by atoms with Gasteiger partial charge in [-0.05, 0) is 6.42 Å². The number of hydrogen-bond acceptors (Lipinski definition) is 5. The molecule has 2 saturated heterocycles. The summed E-state index contributed by atoms with van der Waals surface area (Å²) in [6.45, 7) is 0.933. The van der Waals surface area contributed by atoms with Crippen molar-refractivity contribution in [3.05, 3.63) is 0 Å². The van der Waals surface area contributed by atoms with Crippen molar-refractivity contribution in [1.29, 1.82) is 0 Å². The molecule has 3 nitrogen and oxygen atoms in total. The Balaban J connectivity index is 1.96. The van der Waals surface area contributed by atoms with Crippen LogP contribution in [0.4, 0.5) is 0 Å². The van der Waals surface area contributed by atoms with Gasteiger partial charge in [-0.15, -0.1) is 23.5 Å². The third-order valence-corrected chi connectivity index (χ3v) is 5.89. The van der Waals surface area contributed by atoms with E-state index in [0.717, 1.165) is 13.0 Å². The van der Waals surface area contributed by atoms with Crippen LogP contribution >= 0.6 is 23.5 Å². The van der Waals surface area contributed by atoms with Crippen molar-refractivity contribution in [2.75, 3.05) is 25.2 Å². The standard InChI is InChI=1S/C8H13NO2S2/c1-11-7(10)6-4-8(5-9-6)12-2-3-13-8/h6,9H,2-5H2,1H3. The Morgan fingerprint density at radius 2 is 2.23 bits per heavy atom. The summed E-state index contributed by atoms with van der Waals surface area (Å²) < 4.78 is 4.98. The van der Waals surface area contributed by atoms with Gasteiger partial charge in [0.2, 0.25) is 0 Å². The van der Waals surface area contributed by atoms with Gasteiger partial charge in [0, 0.05) is 18.1 Å². The summed E-state index contributed by atoms with van der Waals surface area (Å²) in [5.74, 6) is 2.30. The molecule has 74 valence electrons. The first-order valence-corrected chi connectivity index (χ1v) is 6.32. The van der Waals surface area contributed by atoms with Gasteiger partial charge in [0.05, 0.1) is 11.2 Å². The molecule has 0 bridgehead atoms. The fraction of sp³-hybridized carbons (Fsp3) is 0.875. The molecule has 5 heteroatoms. The number of esters is 1. The van der Waals surface area contributed by atoms with Crippen molar-refractivity contribution in [2.45, 2.75) is 16.5 Å². The lowest BCUT2D eigenvalue weighted by molar-refractivity contribution is -0.142. The quantitative estimate of drug-likeness (QED) is 0.657. The molecule has 1 unspecified atom stereocenters. The molecule has 13 heavy (non-hydrogen) atoms. The van der Waals surface area contributed by atoms with Crippen LogP contribution in [-0.4, -0.2) is 41.3 Å². The van der Waals surface area contributed by atoms with Crippen LogP contribution in [0.2, 0.25) is 0 Å². The van der Waals surface area contributed by atoms with Crippen molar-refractivity contribution < 1.29 is 9.53 Å². The van der Waals surface area contributed by atoms with E-state index in [1.165, 1.54) is 18.6 Å². The topological polar surface area (TPSA) is 38.3 Å². The van der Waals surface area contributed by atoms with Gasteiger partial charge in [-0.2, -0.15) is 0 Å². The van der Waals surface area contributed by atoms with Crippen molar-refractivity contribution in [1.82, 2.24) is 5.32 Å². The van der Waals surface area contributed by atoms with Gasteiger partial charge in [0.1, 0.15) is 6.04 Å². The molecule has 0 aromatic heterocycles. The van der Waals surface area contributed by atoms with Gasteiger partial charge in [0.25, 0.3) is 0 Å². The van der Waals surface area contributed by atoms with Crippen LogP contribution in [0.25, 0.3) is 0 Å². The summed E-state index contributed by atoms with van der Waals surface area (Å²) >= 11 is 3.95. The van der Waals surface area contributed by atoms with Crippen LogP contribution in [0.3, 0.4) is 0 Å². The molecule has 0 saturated carbocycles. The largest absolute Gasteiger partial charge is 0.468 e. The number of carbonyl (C=O) groups excluding carboxylic acids is 1. The van der Waals surface area contributed by atoms with E-state index in [4.69, 9.17) is 4.74 Å². The molecule has 2 fully saturated rings. The first-order chi connectivity index (χ1) is 6.26. The van der Waals surface area contributed by atoms with Crippen LogP contribution in [0.5, 0.6) is 0 Å². The maximum absolute atomic E-state index is 11.3. The zero-order chi connectivity index (χ0) is 9.31. The van der Waals surface area contributed by atoms with Crippen molar-refractivity contribution in [3.63, 3.8) is 0 Å². The summed E-state index contributed by atoms with van der Waals surface area (Å²) in [5.41, 5.74) is 0. The first kappa shape index (κ1) is 9.68. The highest BCUT2D eigenvalue weighted by Crippen LogP contribution is 2.49. The normalized spacial score (nSPS) is 31.0. The van der Waals surface area contributed by atoms with Crippen LogP contribution < -0.4 is 5.32 Å². The molecule has 2 heterocycles. The average molecular weight is 219 g/mol. The summed E-state index contributed by atoms with van der Waals surface area (Å²) in [4.78, 5) is 11.3. The van der Waals surface area contributed by atoms with Gasteiger partial charge < -0.3 is 10.1 Å². The highest BCUT2D eigenvalue weighted by molar-refractivity contribution is 8.21. The van der Waals surface area contributed by atoms with Crippen LogP contribution in [0, 0.1) is 0 Å². The SMILES string of the molecule is COC(=O)C1CC2(CN1)SCCS2. The Hall–Kier alpha value is 0.130. The molecule has 1 spiro atoms. The molecular weight excluding hydrogens is 206 g/mol. The maximum Gasteiger partial charge on any atom is 0.322 e. The summed E-state index contributed by atoms with van der Waals surface area (Å²) in [5, 5.41) is 3.22. The second-order valence-electron chi connectivity index (χ2n) is 3.27. The third-order valence-electron chi connectivity index (χ3n) is 2.43. The number of rotatable bonds is 1. The Kier molecular flexibility index (Phi) is 2.76. The number of hydrogen-bond donors (Lipinski definition) is 1. The van der Waals surface area contributed by atoms with Crippen molar-refractivity contribution >= 4 is 29.5 Å². The predicted molar refractivity (Wildman–Crippen MR) is 56.1 cm³/mol. The fourth-order valence-electron chi connectivity index (χ4n) is 1.76. The lowest BCUT2D eigenvalue weighted by atomic mass is 10.2. The molecule has 0 aromatic carbocycles. The summed E-state index contributed by atoms with van der Waals surface area (Å²) in [7, 11) is 1.45. The Morgan fingerprint density at radius 1 is 1.54 bits per heavy atom. The van der Waals surface area contributed by atoms with E-state index < -0.39 is 0 Å². The number of carbonyl (C=O) groups is 1. The van der Waals surface area contributed by atoms with Gasteiger partial charge in [-0.25, -0.2) is 0 Å². The van der Waals surface area contributed by atoms with Crippen LogP contribution in [0.1, 0.15) is 6.42 Å². The van der Waals surface area contributed by atoms with Gasteiger partial charge in [-0.1, -0.05) is 0 Å². The minimum absolute atomic E-state index is 0.0805. The Labute approximate surface area is 86.4 Å². The van der Waals surface area contributed by atoms with Gasteiger partial charge in [0.15, 0.2) is 0 Å². The van der Waals surface area contributed by atoms with E-state index in [2.05, 4.69) is 5.32 Å². The van der Waals surface area contributed by atoms with E-state index in [0.29, 0.717) is 0 Å². The second kappa shape index (κ2) is 3.71. The number of ether oxygens (including phenoxy) is 1. The minimum Gasteiger partial charge on any atom is -0.468 e. The molecule has 0 radical (unpaired) electrons. The third kappa shape index (κ3) is 1.82. The molecule has 2 aliphatic rings. The average Bonchev–Trinajstić information content (AvgIpc) is 2.76. The zero-order valence-corrected chi connectivity index (χ0v) is 9.17. The number of methoxy groups -OCH3 is 1. The van der Waals surface area contributed by atoms with E-state index in [-0.39, 0.29) is 16.1 Å². The molecule has 2 aliphatic heterocycles. The highest BCUT2D eigenvalue weighted by atomic mass is 32.2. The van der Waals surface area contributed by atoms with Crippen molar-refractivity contribution in [3.8, 4) is 0 Å². The molecule has 0 amide bonds. The smallest absolute Gasteiger partial charge is 0.322 e. The van der Waals surface area contributed by atoms with E-state index >= 15 is 0 Å². The number of nitrogens with one attached hydrogen (secondary N) is 1. The van der Waals surface area contributed by atoms with Gasteiger partial charge >= 0.3 is 5.97 Å². The zero-order valence-electron chi connectivity index (χ0n) is 7.54. The molecule has 1 atom stereocenters. The second-order valence-corrected chi connectivity index (χ2v) is 6.48. The van der Waals surface area contributed by atoms with Gasteiger partial charge in [-0.3, -0.25) is 4.79 Å². The molecule has 2 rings (SSSR count). The maximum atomic E-state index is 11.3. The van der Waals surface area contributed by atoms with Crippen LogP contribution in [-0.2, 0) is 9.53 Å². The molecule has 0 aromatic rings. The molecule has 1 N–H and O–H groups in total. The summed E-state index contributed by atoms with van der Waals surface area (Å²) in [6, 6.07) is -0.0805. The number of thioether (sulfide) groups is 2. The van der Waals surface area contributed by atoms with E-state index in [1.807, 2.05) is 23.5 Å². The molecule has 0 aliphatic carbocycles.